The van der Waals surface area contributed by atoms with Gasteiger partial charge in [0.15, 0.2) is 0 Å². The van der Waals surface area contributed by atoms with E-state index in [2.05, 4.69) is 46.0 Å². The molecule has 1 fully saturated rings. The van der Waals surface area contributed by atoms with E-state index in [1.54, 1.807) is 0 Å². The second-order valence-electron chi connectivity index (χ2n) is 5.10. The Morgan fingerprint density at radius 1 is 1.33 bits per heavy atom. The molecule has 100 valence electrons. The molecule has 0 amide bonds. The first-order valence-electron chi connectivity index (χ1n) is 6.84. The molecule has 0 bridgehead atoms. The molecule has 0 N–H and O–H groups in total. The van der Waals surface area contributed by atoms with E-state index in [-0.39, 0.29) is 0 Å². The number of benzene rings is 1. The van der Waals surface area contributed by atoms with Crippen LogP contribution in [0.1, 0.15) is 38.2 Å². The second kappa shape index (κ2) is 6.81. The Bertz CT molecular complexity index is 394. The molecule has 1 nitrogen and oxygen atoms in total. The van der Waals surface area contributed by atoms with Gasteiger partial charge in [-0.3, -0.25) is 0 Å². The molecule has 3 heteroatoms. The molecule has 0 spiro atoms. The maximum absolute atomic E-state index is 6.06. The fraction of sp³-hybridized carbons (Fsp3) is 0.600. The minimum absolute atomic E-state index is 0.594. The minimum Gasteiger partial charge on any atom is -0.371 e. The van der Waals surface area contributed by atoms with Crippen LogP contribution in [0.4, 0.5) is 5.69 Å². The molecule has 0 saturated carbocycles. The Balaban J connectivity index is 2.17. The molecule has 0 aromatic heterocycles. The molecule has 1 aliphatic heterocycles. The molecule has 0 radical (unpaired) electrons. The fourth-order valence-corrected chi connectivity index (χ4v) is 3.33. The van der Waals surface area contributed by atoms with Gasteiger partial charge in [-0.25, -0.2) is 0 Å². The summed E-state index contributed by atoms with van der Waals surface area (Å²) in [4.78, 5) is 2.51. The number of hydrogen-bond acceptors (Lipinski definition) is 1. The van der Waals surface area contributed by atoms with E-state index in [1.807, 2.05) is 0 Å². The third-order valence-electron chi connectivity index (χ3n) is 3.96. The summed E-state index contributed by atoms with van der Waals surface area (Å²) >= 11 is 9.63. The second-order valence-corrected chi connectivity index (χ2v) is 6.28. The summed E-state index contributed by atoms with van der Waals surface area (Å²) in [6, 6.07) is 6.42. The van der Waals surface area contributed by atoms with Gasteiger partial charge in [-0.05, 0) is 42.9 Å². The average molecular weight is 331 g/mol. The molecule has 1 unspecified atom stereocenters. The van der Waals surface area contributed by atoms with Crippen LogP contribution in [0, 0.1) is 5.92 Å². The number of nitrogens with zero attached hydrogens (tertiary/aromatic N) is 1. The van der Waals surface area contributed by atoms with Crippen molar-refractivity contribution in [2.24, 2.45) is 5.92 Å². The maximum Gasteiger partial charge on any atom is 0.0494 e. The van der Waals surface area contributed by atoms with Gasteiger partial charge in [0.05, 0.1) is 0 Å². The van der Waals surface area contributed by atoms with Gasteiger partial charge in [0, 0.05) is 29.1 Å². The molecule has 1 heterocycles. The van der Waals surface area contributed by atoms with Crippen LogP contribution in [0.3, 0.4) is 0 Å². The Kier molecular flexibility index (Phi) is 5.38. The van der Waals surface area contributed by atoms with Gasteiger partial charge in [0.2, 0.25) is 0 Å². The third-order valence-corrected chi connectivity index (χ3v) is 4.74. The maximum atomic E-state index is 6.06. The van der Waals surface area contributed by atoms with Gasteiger partial charge in [-0.1, -0.05) is 35.3 Å². The Morgan fingerprint density at radius 3 is 2.89 bits per heavy atom. The van der Waals surface area contributed by atoms with Gasteiger partial charge < -0.3 is 4.90 Å². The van der Waals surface area contributed by atoms with Crippen LogP contribution in [-0.2, 0) is 5.88 Å². The zero-order valence-corrected chi connectivity index (χ0v) is 13.3. The van der Waals surface area contributed by atoms with E-state index in [0.717, 1.165) is 16.9 Å². The Hall–Kier alpha value is -0.210. The van der Waals surface area contributed by atoms with Crippen molar-refractivity contribution < 1.29 is 0 Å². The summed E-state index contributed by atoms with van der Waals surface area (Å²) < 4.78 is 1.14. The first-order chi connectivity index (χ1) is 8.74. The lowest BCUT2D eigenvalue weighted by molar-refractivity contribution is 0.459. The summed E-state index contributed by atoms with van der Waals surface area (Å²) in [7, 11) is 0. The van der Waals surface area contributed by atoms with Gasteiger partial charge in [0.1, 0.15) is 0 Å². The van der Waals surface area contributed by atoms with Crippen LogP contribution in [0.25, 0.3) is 0 Å². The van der Waals surface area contributed by atoms with E-state index in [1.165, 1.54) is 43.5 Å². The van der Waals surface area contributed by atoms with Crippen molar-refractivity contribution in [1.82, 2.24) is 0 Å². The Labute approximate surface area is 124 Å². The van der Waals surface area contributed by atoms with E-state index in [9.17, 15) is 0 Å². The van der Waals surface area contributed by atoms with Crippen molar-refractivity contribution in [3.05, 3.63) is 28.2 Å². The van der Waals surface area contributed by atoms with Gasteiger partial charge in [-0.15, -0.1) is 11.6 Å². The van der Waals surface area contributed by atoms with Crippen molar-refractivity contribution in [2.75, 3.05) is 18.0 Å². The largest absolute Gasteiger partial charge is 0.371 e. The lowest BCUT2D eigenvalue weighted by Gasteiger charge is -2.25. The molecular formula is C15H21BrClN. The standard InChI is InChI=1S/C15H21BrClN/c1-2-12-4-3-8-18(9-7-12)15-10-14(16)6-5-13(15)11-17/h5-6,10,12H,2-4,7-9,11H2,1H3. The van der Waals surface area contributed by atoms with E-state index < -0.39 is 0 Å². The monoisotopic (exact) mass is 329 g/mol. The summed E-state index contributed by atoms with van der Waals surface area (Å²) in [5, 5.41) is 0. The highest BCUT2D eigenvalue weighted by Crippen LogP contribution is 2.30. The first-order valence-corrected chi connectivity index (χ1v) is 8.16. The van der Waals surface area contributed by atoms with Crippen molar-refractivity contribution >= 4 is 33.2 Å². The number of halogens is 2. The van der Waals surface area contributed by atoms with Crippen LogP contribution in [-0.4, -0.2) is 13.1 Å². The van der Waals surface area contributed by atoms with E-state index in [4.69, 9.17) is 11.6 Å². The molecule has 1 atom stereocenters. The number of rotatable bonds is 3. The molecule has 18 heavy (non-hydrogen) atoms. The van der Waals surface area contributed by atoms with Gasteiger partial charge in [-0.2, -0.15) is 0 Å². The molecule has 0 aliphatic carbocycles. The third kappa shape index (κ3) is 3.42. The SMILES string of the molecule is CCC1CCCN(c2cc(Br)ccc2CCl)CC1. The lowest BCUT2D eigenvalue weighted by Crippen LogP contribution is -2.25. The smallest absolute Gasteiger partial charge is 0.0494 e. The van der Waals surface area contributed by atoms with Crippen molar-refractivity contribution in [2.45, 2.75) is 38.5 Å². The van der Waals surface area contributed by atoms with Crippen LogP contribution >= 0.6 is 27.5 Å². The van der Waals surface area contributed by atoms with Crippen molar-refractivity contribution in [3.63, 3.8) is 0 Å². The van der Waals surface area contributed by atoms with Gasteiger partial charge >= 0.3 is 0 Å². The minimum atomic E-state index is 0.594. The quantitative estimate of drug-likeness (QED) is 0.688. The average Bonchev–Trinajstić information content (AvgIpc) is 2.63. The number of hydrogen-bond donors (Lipinski definition) is 0. The predicted molar refractivity (Wildman–Crippen MR) is 83.5 cm³/mol. The highest BCUT2D eigenvalue weighted by molar-refractivity contribution is 9.10. The van der Waals surface area contributed by atoms with Gasteiger partial charge in [0.25, 0.3) is 0 Å². The summed E-state index contributed by atoms with van der Waals surface area (Å²) in [5.74, 6) is 1.50. The van der Waals surface area contributed by atoms with E-state index in [0.29, 0.717) is 5.88 Å². The zero-order chi connectivity index (χ0) is 13.0. The van der Waals surface area contributed by atoms with Crippen LogP contribution in [0.5, 0.6) is 0 Å². The van der Waals surface area contributed by atoms with Crippen molar-refractivity contribution in [3.8, 4) is 0 Å². The molecular weight excluding hydrogens is 310 g/mol. The fourth-order valence-electron chi connectivity index (χ4n) is 2.76. The van der Waals surface area contributed by atoms with Crippen LogP contribution < -0.4 is 4.90 Å². The highest BCUT2D eigenvalue weighted by Gasteiger charge is 2.17. The summed E-state index contributed by atoms with van der Waals surface area (Å²) in [6.45, 7) is 4.64. The summed E-state index contributed by atoms with van der Waals surface area (Å²) in [5.41, 5.74) is 2.56. The number of anilines is 1. The molecule has 1 aliphatic rings. The normalized spacial score (nSPS) is 20.8. The summed E-state index contributed by atoms with van der Waals surface area (Å²) in [6.07, 6.45) is 5.30. The van der Waals surface area contributed by atoms with Crippen LogP contribution in [0.2, 0.25) is 0 Å². The number of alkyl halides is 1. The van der Waals surface area contributed by atoms with Crippen molar-refractivity contribution in [1.29, 1.82) is 0 Å². The molecule has 1 aromatic carbocycles. The molecule has 1 saturated heterocycles. The zero-order valence-electron chi connectivity index (χ0n) is 11.0. The van der Waals surface area contributed by atoms with E-state index >= 15 is 0 Å². The first kappa shape index (κ1) is 14.2. The highest BCUT2D eigenvalue weighted by atomic mass is 79.9. The topological polar surface area (TPSA) is 3.24 Å². The Morgan fingerprint density at radius 2 is 2.17 bits per heavy atom. The molecule has 2 rings (SSSR count). The lowest BCUT2D eigenvalue weighted by atomic mass is 9.98. The predicted octanol–water partition coefficient (Wildman–Crippen LogP) is 5.20. The van der Waals surface area contributed by atoms with Crippen LogP contribution in [0.15, 0.2) is 22.7 Å². The molecule has 1 aromatic rings.